The molecule has 1 N–H and O–H groups in total. The van der Waals surface area contributed by atoms with Crippen molar-refractivity contribution in [2.24, 2.45) is 5.92 Å². The Kier molecular flexibility index (Phi) is 5.85. The van der Waals surface area contributed by atoms with Crippen LogP contribution in [0.15, 0.2) is 30.5 Å². The number of carbonyl (C=O) groups is 1. The minimum Gasteiger partial charge on any atom is -0.475 e. The number of aromatic nitrogens is 2. The lowest BCUT2D eigenvalue weighted by Crippen LogP contribution is -2.08. The number of hydrogen-bond acceptors (Lipinski definition) is 3. The summed E-state index contributed by atoms with van der Waals surface area (Å²) in [6.07, 6.45) is 5.55. The van der Waals surface area contributed by atoms with Gasteiger partial charge in [-0.2, -0.15) is 0 Å². The van der Waals surface area contributed by atoms with Crippen molar-refractivity contribution < 1.29 is 9.90 Å². The largest absolute Gasteiger partial charge is 0.475 e. The van der Waals surface area contributed by atoms with E-state index in [2.05, 4.69) is 36.8 Å². The van der Waals surface area contributed by atoms with E-state index in [1.807, 2.05) is 18.2 Å². The Labute approximate surface area is 137 Å². The van der Waals surface area contributed by atoms with Crippen LogP contribution in [0.4, 0.5) is 0 Å². The number of benzene rings is 1. The van der Waals surface area contributed by atoms with E-state index in [1.165, 1.54) is 5.56 Å². The van der Waals surface area contributed by atoms with Gasteiger partial charge < -0.3 is 5.11 Å². The number of aryl methyl sites for hydroxylation is 1. The Balaban J connectivity index is 2.55. The first-order chi connectivity index (χ1) is 11.1. The molecule has 1 aromatic carbocycles. The van der Waals surface area contributed by atoms with Gasteiger partial charge in [-0.1, -0.05) is 57.9 Å². The van der Waals surface area contributed by atoms with Gasteiger partial charge in [-0.25, -0.2) is 14.8 Å². The van der Waals surface area contributed by atoms with Crippen molar-refractivity contribution >= 4 is 5.97 Å². The Bertz CT molecular complexity index is 683. The van der Waals surface area contributed by atoms with E-state index in [9.17, 15) is 9.90 Å². The molecule has 4 heteroatoms. The first kappa shape index (κ1) is 17.1. The number of hydrogen-bond donors (Lipinski definition) is 1. The monoisotopic (exact) mass is 312 g/mol. The molecule has 0 fully saturated rings. The SMILES string of the molecule is CCCc1cnc(C(=O)O)nc1-c1ccccc1C[C@@H](C)CC. The van der Waals surface area contributed by atoms with Crippen LogP contribution in [0.5, 0.6) is 0 Å². The fraction of sp³-hybridized carbons (Fsp3) is 0.421. The highest BCUT2D eigenvalue weighted by molar-refractivity contribution is 5.84. The van der Waals surface area contributed by atoms with Crippen molar-refractivity contribution in [2.75, 3.05) is 0 Å². The zero-order valence-corrected chi connectivity index (χ0v) is 14.0. The van der Waals surface area contributed by atoms with Gasteiger partial charge in [0.2, 0.25) is 5.82 Å². The molecule has 122 valence electrons. The first-order valence-corrected chi connectivity index (χ1v) is 8.24. The maximum atomic E-state index is 11.2. The molecule has 4 nitrogen and oxygen atoms in total. The predicted molar refractivity (Wildman–Crippen MR) is 91.6 cm³/mol. The fourth-order valence-corrected chi connectivity index (χ4v) is 2.64. The summed E-state index contributed by atoms with van der Waals surface area (Å²) in [6.45, 7) is 6.51. The fourth-order valence-electron chi connectivity index (χ4n) is 2.64. The topological polar surface area (TPSA) is 63.1 Å². The van der Waals surface area contributed by atoms with E-state index in [1.54, 1.807) is 6.20 Å². The molecule has 0 spiro atoms. The average Bonchev–Trinajstić information content (AvgIpc) is 2.56. The molecule has 2 aromatic rings. The molecule has 1 aromatic heterocycles. The summed E-state index contributed by atoms with van der Waals surface area (Å²) in [5, 5.41) is 9.20. The van der Waals surface area contributed by atoms with Gasteiger partial charge in [0.1, 0.15) is 0 Å². The molecule has 1 heterocycles. The quantitative estimate of drug-likeness (QED) is 0.824. The van der Waals surface area contributed by atoms with Crippen LogP contribution in [0, 0.1) is 5.92 Å². The van der Waals surface area contributed by atoms with E-state index in [4.69, 9.17) is 0 Å². The van der Waals surface area contributed by atoms with E-state index in [0.717, 1.165) is 42.5 Å². The summed E-state index contributed by atoms with van der Waals surface area (Å²) in [4.78, 5) is 19.6. The van der Waals surface area contributed by atoms with Gasteiger partial charge in [0.05, 0.1) is 5.69 Å². The second-order valence-electron chi connectivity index (χ2n) is 6.00. The summed E-state index contributed by atoms with van der Waals surface area (Å²) in [5.41, 5.74) is 4.02. The smallest absolute Gasteiger partial charge is 0.373 e. The minimum absolute atomic E-state index is 0.141. The van der Waals surface area contributed by atoms with Crippen LogP contribution in [0.25, 0.3) is 11.3 Å². The third-order valence-corrected chi connectivity index (χ3v) is 4.11. The highest BCUT2D eigenvalue weighted by atomic mass is 16.4. The van der Waals surface area contributed by atoms with E-state index in [-0.39, 0.29) is 5.82 Å². The Hall–Kier alpha value is -2.23. The molecule has 0 saturated carbocycles. The van der Waals surface area contributed by atoms with Crippen LogP contribution >= 0.6 is 0 Å². The van der Waals surface area contributed by atoms with Gasteiger partial charge in [-0.15, -0.1) is 0 Å². The molecular weight excluding hydrogens is 288 g/mol. The number of carboxylic acid groups (broad SMARTS) is 1. The van der Waals surface area contributed by atoms with Crippen molar-refractivity contribution in [3.8, 4) is 11.3 Å². The van der Waals surface area contributed by atoms with Gasteiger partial charge in [-0.3, -0.25) is 0 Å². The number of carboxylic acids is 1. The third kappa shape index (κ3) is 4.15. The summed E-state index contributed by atoms with van der Waals surface area (Å²) in [7, 11) is 0. The second-order valence-corrected chi connectivity index (χ2v) is 6.00. The van der Waals surface area contributed by atoms with Gasteiger partial charge in [0.15, 0.2) is 0 Å². The van der Waals surface area contributed by atoms with Crippen LogP contribution in [0.1, 0.15) is 55.4 Å². The maximum Gasteiger partial charge on any atom is 0.373 e. The van der Waals surface area contributed by atoms with Crippen molar-refractivity contribution in [1.29, 1.82) is 0 Å². The Morgan fingerprint density at radius 2 is 1.96 bits per heavy atom. The van der Waals surface area contributed by atoms with Crippen LogP contribution < -0.4 is 0 Å². The highest BCUT2D eigenvalue weighted by Crippen LogP contribution is 2.28. The molecule has 0 bridgehead atoms. The lowest BCUT2D eigenvalue weighted by molar-refractivity contribution is 0.0683. The van der Waals surface area contributed by atoms with Crippen molar-refractivity contribution in [3.63, 3.8) is 0 Å². The van der Waals surface area contributed by atoms with Crippen molar-refractivity contribution in [1.82, 2.24) is 9.97 Å². The predicted octanol–water partition coefficient (Wildman–Crippen LogP) is 4.38. The van der Waals surface area contributed by atoms with Crippen LogP contribution in [0.3, 0.4) is 0 Å². The molecule has 1 atom stereocenters. The standard InChI is InChI=1S/C19H24N2O2/c1-4-8-15-12-20-18(19(22)23)21-17(15)16-10-7-6-9-14(16)11-13(3)5-2/h6-7,9-10,12-13H,4-5,8,11H2,1-3H3,(H,22,23)/t13-/m0/s1. The third-order valence-electron chi connectivity index (χ3n) is 4.11. The van der Waals surface area contributed by atoms with Crippen molar-refractivity contribution in [2.45, 2.75) is 46.5 Å². The molecule has 0 amide bonds. The zero-order chi connectivity index (χ0) is 16.8. The van der Waals surface area contributed by atoms with E-state index >= 15 is 0 Å². The zero-order valence-electron chi connectivity index (χ0n) is 14.0. The molecule has 0 aliphatic carbocycles. The number of nitrogens with zero attached hydrogens (tertiary/aromatic N) is 2. The molecule has 0 unspecified atom stereocenters. The van der Waals surface area contributed by atoms with Crippen LogP contribution in [-0.4, -0.2) is 21.0 Å². The van der Waals surface area contributed by atoms with Gasteiger partial charge in [-0.05, 0) is 29.9 Å². The maximum absolute atomic E-state index is 11.2. The first-order valence-electron chi connectivity index (χ1n) is 8.24. The summed E-state index contributed by atoms with van der Waals surface area (Å²) < 4.78 is 0. The van der Waals surface area contributed by atoms with E-state index < -0.39 is 5.97 Å². The average molecular weight is 312 g/mol. The molecule has 0 saturated heterocycles. The molecule has 0 aliphatic rings. The summed E-state index contributed by atoms with van der Waals surface area (Å²) in [5.74, 6) is -0.654. The Morgan fingerprint density at radius 3 is 2.61 bits per heavy atom. The van der Waals surface area contributed by atoms with Gasteiger partial charge in [0, 0.05) is 11.8 Å². The molecule has 0 radical (unpaired) electrons. The highest BCUT2D eigenvalue weighted by Gasteiger charge is 2.16. The molecule has 0 aliphatic heterocycles. The molecule has 2 rings (SSSR count). The normalized spacial score (nSPS) is 12.1. The summed E-state index contributed by atoms with van der Waals surface area (Å²) in [6, 6.07) is 8.15. The van der Waals surface area contributed by atoms with Gasteiger partial charge in [0.25, 0.3) is 0 Å². The summed E-state index contributed by atoms with van der Waals surface area (Å²) >= 11 is 0. The Morgan fingerprint density at radius 1 is 1.22 bits per heavy atom. The van der Waals surface area contributed by atoms with Crippen LogP contribution in [0.2, 0.25) is 0 Å². The minimum atomic E-state index is -1.09. The molecular formula is C19H24N2O2. The number of rotatable bonds is 7. The van der Waals surface area contributed by atoms with E-state index in [0.29, 0.717) is 5.92 Å². The second kappa shape index (κ2) is 7.86. The molecule has 23 heavy (non-hydrogen) atoms. The lowest BCUT2D eigenvalue weighted by atomic mass is 9.92. The van der Waals surface area contributed by atoms with Crippen LogP contribution in [-0.2, 0) is 12.8 Å². The number of aromatic carboxylic acids is 1. The lowest BCUT2D eigenvalue weighted by Gasteiger charge is -2.15. The van der Waals surface area contributed by atoms with Gasteiger partial charge >= 0.3 is 5.97 Å². The van der Waals surface area contributed by atoms with Crippen molar-refractivity contribution in [3.05, 3.63) is 47.4 Å².